The molecule has 102 valence electrons. The van der Waals surface area contributed by atoms with E-state index in [1.165, 1.54) is 6.92 Å². The van der Waals surface area contributed by atoms with E-state index in [1.807, 2.05) is 6.92 Å². The highest BCUT2D eigenvalue weighted by Crippen LogP contribution is 2.05. The number of carbonyl (C=O) groups excluding carboxylic acids is 4. The molecule has 0 atom stereocenters. The van der Waals surface area contributed by atoms with Crippen LogP contribution < -0.4 is 0 Å². The van der Waals surface area contributed by atoms with Crippen molar-refractivity contribution in [1.82, 2.24) is 0 Å². The summed E-state index contributed by atoms with van der Waals surface area (Å²) in [4.78, 5) is 44.8. The van der Waals surface area contributed by atoms with E-state index in [-0.39, 0.29) is 30.8 Å². The van der Waals surface area contributed by atoms with Crippen LogP contribution in [0, 0.1) is 0 Å². The third-order valence-corrected chi connectivity index (χ3v) is 2.66. The zero-order valence-electron chi connectivity index (χ0n) is 11.3. The molecule has 0 saturated heterocycles. The van der Waals surface area contributed by atoms with Crippen LogP contribution in [0.25, 0.3) is 0 Å². The van der Waals surface area contributed by atoms with Gasteiger partial charge in [0.05, 0.1) is 6.42 Å². The van der Waals surface area contributed by atoms with Gasteiger partial charge in [0.1, 0.15) is 11.6 Å². The predicted molar refractivity (Wildman–Crippen MR) is 68.3 cm³/mol. The summed E-state index contributed by atoms with van der Waals surface area (Å²) in [6.07, 6.45) is 3.54. The van der Waals surface area contributed by atoms with Crippen LogP contribution in [-0.2, 0) is 19.2 Å². The number of rotatable bonds is 11. The number of unbranched alkanes of at least 4 members (excludes halogenated alkanes) is 2. The van der Waals surface area contributed by atoms with Crippen LogP contribution in [0.2, 0.25) is 0 Å². The van der Waals surface area contributed by atoms with Crippen LogP contribution in [0.3, 0.4) is 0 Å². The maximum absolute atomic E-state index is 11.4. The van der Waals surface area contributed by atoms with Gasteiger partial charge in [-0.15, -0.1) is 0 Å². The molecular weight excluding hydrogens is 232 g/mol. The summed E-state index contributed by atoms with van der Waals surface area (Å²) < 4.78 is 0. The Morgan fingerprint density at radius 3 is 1.94 bits per heavy atom. The molecule has 0 aromatic heterocycles. The quantitative estimate of drug-likeness (QED) is 0.322. The highest BCUT2D eigenvalue weighted by atomic mass is 16.2. The fourth-order valence-corrected chi connectivity index (χ4v) is 1.54. The molecule has 0 saturated carbocycles. The van der Waals surface area contributed by atoms with Crippen molar-refractivity contribution >= 4 is 23.1 Å². The first-order valence-corrected chi connectivity index (χ1v) is 6.54. The number of carbonyl (C=O) groups is 4. The van der Waals surface area contributed by atoms with Gasteiger partial charge < -0.3 is 4.79 Å². The van der Waals surface area contributed by atoms with Crippen LogP contribution >= 0.6 is 0 Å². The number of ketones is 4. The Kier molecular flexibility index (Phi) is 8.97. The molecule has 0 N–H and O–H groups in total. The molecule has 0 heterocycles. The van der Waals surface area contributed by atoms with E-state index < -0.39 is 11.6 Å². The monoisotopic (exact) mass is 254 g/mol. The van der Waals surface area contributed by atoms with Gasteiger partial charge in [0, 0.05) is 19.3 Å². The van der Waals surface area contributed by atoms with E-state index in [1.54, 1.807) is 0 Å². The molecule has 0 spiro atoms. The first-order chi connectivity index (χ1) is 8.47. The van der Waals surface area contributed by atoms with Crippen molar-refractivity contribution in [2.24, 2.45) is 0 Å². The predicted octanol–water partition coefficient (Wildman–Crippen LogP) is 2.42. The standard InChI is InChI=1S/C14H22O4/c1-3-4-9-13(17)14(18)10-12(16)8-6-5-7-11(2)15/h3-10H2,1-2H3. The molecule has 4 heteroatoms. The van der Waals surface area contributed by atoms with Crippen molar-refractivity contribution in [3.8, 4) is 0 Å². The fourth-order valence-electron chi connectivity index (χ4n) is 1.54. The highest BCUT2D eigenvalue weighted by molar-refractivity contribution is 6.40. The molecule has 0 rings (SSSR count). The number of hydrogen-bond acceptors (Lipinski definition) is 4. The first-order valence-electron chi connectivity index (χ1n) is 6.54. The van der Waals surface area contributed by atoms with Gasteiger partial charge >= 0.3 is 0 Å². The van der Waals surface area contributed by atoms with Crippen LogP contribution in [0.4, 0.5) is 0 Å². The molecule has 0 radical (unpaired) electrons. The van der Waals surface area contributed by atoms with Gasteiger partial charge in [-0.2, -0.15) is 0 Å². The second-order valence-corrected chi connectivity index (χ2v) is 4.57. The van der Waals surface area contributed by atoms with Crippen molar-refractivity contribution in [1.29, 1.82) is 0 Å². The van der Waals surface area contributed by atoms with Crippen LogP contribution in [-0.4, -0.2) is 23.1 Å². The van der Waals surface area contributed by atoms with E-state index in [0.29, 0.717) is 25.7 Å². The molecule has 18 heavy (non-hydrogen) atoms. The minimum absolute atomic E-state index is 0.105. The van der Waals surface area contributed by atoms with E-state index in [4.69, 9.17) is 0 Å². The molecule has 0 aliphatic heterocycles. The molecule has 0 unspecified atom stereocenters. The maximum Gasteiger partial charge on any atom is 0.205 e. The van der Waals surface area contributed by atoms with Gasteiger partial charge in [0.25, 0.3) is 0 Å². The van der Waals surface area contributed by atoms with Crippen molar-refractivity contribution in [3.63, 3.8) is 0 Å². The first kappa shape index (κ1) is 16.7. The molecule has 0 aromatic carbocycles. The number of Topliss-reactive ketones (excluding diaryl/α,β-unsaturated/α-hetero) is 4. The Morgan fingerprint density at radius 2 is 1.39 bits per heavy atom. The third-order valence-electron chi connectivity index (χ3n) is 2.66. The molecule has 0 aliphatic carbocycles. The SMILES string of the molecule is CCCCC(=O)C(=O)CC(=O)CCCCC(C)=O. The molecule has 0 aliphatic rings. The van der Waals surface area contributed by atoms with E-state index >= 15 is 0 Å². The van der Waals surface area contributed by atoms with Crippen molar-refractivity contribution in [2.45, 2.75) is 65.2 Å². The summed E-state index contributed by atoms with van der Waals surface area (Å²) in [5, 5.41) is 0. The summed E-state index contributed by atoms with van der Waals surface area (Å²) in [5.41, 5.74) is 0. The minimum Gasteiger partial charge on any atom is -0.300 e. The zero-order valence-corrected chi connectivity index (χ0v) is 11.3. The van der Waals surface area contributed by atoms with Gasteiger partial charge in [-0.3, -0.25) is 14.4 Å². The molecule has 0 bridgehead atoms. The Bertz CT molecular complexity index is 318. The highest BCUT2D eigenvalue weighted by Gasteiger charge is 2.16. The van der Waals surface area contributed by atoms with E-state index in [9.17, 15) is 19.2 Å². The summed E-state index contributed by atoms with van der Waals surface area (Å²) in [7, 11) is 0. The third kappa shape index (κ3) is 8.79. The lowest BCUT2D eigenvalue weighted by Crippen LogP contribution is -2.17. The fraction of sp³-hybridized carbons (Fsp3) is 0.714. The maximum atomic E-state index is 11.4. The lowest BCUT2D eigenvalue weighted by atomic mass is 10.0. The topological polar surface area (TPSA) is 68.3 Å². The summed E-state index contributed by atoms with van der Waals surface area (Å²) in [6.45, 7) is 3.45. The molecule has 0 amide bonds. The summed E-state index contributed by atoms with van der Waals surface area (Å²) in [5.74, 6) is -1.10. The normalized spacial score (nSPS) is 10.1. The van der Waals surface area contributed by atoms with Crippen molar-refractivity contribution in [3.05, 3.63) is 0 Å². The van der Waals surface area contributed by atoms with Crippen LogP contribution in [0.5, 0.6) is 0 Å². The van der Waals surface area contributed by atoms with Crippen molar-refractivity contribution in [2.75, 3.05) is 0 Å². The minimum atomic E-state index is -0.569. The number of hydrogen-bond donors (Lipinski definition) is 0. The van der Waals surface area contributed by atoms with Gasteiger partial charge in [0.2, 0.25) is 5.78 Å². The van der Waals surface area contributed by atoms with Gasteiger partial charge in [-0.05, 0) is 26.2 Å². The molecular formula is C14H22O4. The van der Waals surface area contributed by atoms with Gasteiger partial charge in [-0.25, -0.2) is 0 Å². The second kappa shape index (κ2) is 9.68. The van der Waals surface area contributed by atoms with Gasteiger partial charge in [-0.1, -0.05) is 13.3 Å². The average Bonchev–Trinajstić information content (AvgIpc) is 2.31. The Labute approximate surface area is 108 Å². The van der Waals surface area contributed by atoms with Crippen molar-refractivity contribution < 1.29 is 19.2 Å². The average molecular weight is 254 g/mol. The summed E-state index contributed by atoms with van der Waals surface area (Å²) >= 11 is 0. The Hall–Kier alpha value is -1.32. The molecule has 4 nitrogen and oxygen atoms in total. The smallest absolute Gasteiger partial charge is 0.205 e. The van der Waals surface area contributed by atoms with Gasteiger partial charge in [0.15, 0.2) is 5.78 Å². The van der Waals surface area contributed by atoms with Crippen LogP contribution in [0.1, 0.15) is 65.2 Å². The summed E-state index contributed by atoms with van der Waals surface area (Å²) in [6, 6.07) is 0. The Balaban J connectivity index is 3.76. The van der Waals surface area contributed by atoms with E-state index in [0.717, 1.165) is 6.42 Å². The zero-order chi connectivity index (χ0) is 14.0. The molecule has 0 fully saturated rings. The lowest BCUT2D eigenvalue weighted by molar-refractivity contribution is -0.139. The lowest BCUT2D eigenvalue weighted by Gasteiger charge is -2.00. The van der Waals surface area contributed by atoms with Crippen LogP contribution in [0.15, 0.2) is 0 Å². The molecule has 0 aromatic rings. The Morgan fingerprint density at radius 1 is 0.778 bits per heavy atom. The largest absolute Gasteiger partial charge is 0.300 e. The van der Waals surface area contributed by atoms with E-state index in [2.05, 4.69) is 0 Å². The second-order valence-electron chi connectivity index (χ2n) is 4.57.